The second-order valence-corrected chi connectivity index (χ2v) is 3.13. The van der Waals surface area contributed by atoms with Gasteiger partial charge in [0.1, 0.15) is 0 Å². The summed E-state index contributed by atoms with van der Waals surface area (Å²) in [7, 11) is 1.33. The van der Waals surface area contributed by atoms with Crippen LogP contribution in [0.4, 0.5) is 20.2 Å². The number of hydrogen-bond acceptors (Lipinski definition) is 4. The maximum Gasteiger partial charge on any atom is 0.295 e. The number of halogens is 2. The van der Waals surface area contributed by atoms with E-state index in [-0.39, 0.29) is 13.2 Å². The van der Waals surface area contributed by atoms with Crippen LogP contribution in [0.1, 0.15) is 0 Å². The second kappa shape index (κ2) is 4.84. The van der Waals surface area contributed by atoms with E-state index in [2.05, 4.69) is 0 Å². The number of likely N-dealkylation sites (N-methyl/N-ethyl adjacent to an activating group) is 1. The molecule has 0 saturated carbocycles. The van der Waals surface area contributed by atoms with E-state index in [4.69, 9.17) is 5.11 Å². The fraction of sp³-hybridized carbons (Fsp3) is 0.333. The molecule has 0 aliphatic rings. The molecular weight excluding hydrogens is 222 g/mol. The Morgan fingerprint density at radius 3 is 2.62 bits per heavy atom. The molecule has 0 atom stereocenters. The lowest BCUT2D eigenvalue weighted by molar-refractivity contribution is -0.384. The first kappa shape index (κ1) is 12.3. The Balaban J connectivity index is 3.31. The van der Waals surface area contributed by atoms with E-state index < -0.39 is 27.9 Å². The summed E-state index contributed by atoms with van der Waals surface area (Å²) < 4.78 is 26.3. The van der Waals surface area contributed by atoms with Crippen LogP contribution < -0.4 is 4.90 Å². The Kier molecular flexibility index (Phi) is 3.73. The van der Waals surface area contributed by atoms with Crippen LogP contribution in [0.5, 0.6) is 0 Å². The molecule has 0 fully saturated rings. The number of nitrogens with zero attached hydrogens (tertiary/aromatic N) is 2. The zero-order valence-corrected chi connectivity index (χ0v) is 8.48. The third kappa shape index (κ3) is 2.25. The summed E-state index contributed by atoms with van der Waals surface area (Å²) in [5.41, 5.74) is -0.992. The summed E-state index contributed by atoms with van der Waals surface area (Å²) in [6, 6.07) is 1.59. The maximum absolute atomic E-state index is 13.4. The second-order valence-electron chi connectivity index (χ2n) is 3.13. The van der Waals surface area contributed by atoms with Crippen LogP contribution in [0.25, 0.3) is 0 Å². The average Bonchev–Trinajstić information content (AvgIpc) is 2.21. The Hall–Kier alpha value is -1.76. The van der Waals surface area contributed by atoms with Crippen LogP contribution in [0, 0.1) is 21.7 Å². The summed E-state index contributed by atoms with van der Waals surface area (Å²) >= 11 is 0. The summed E-state index contributed by atoms with van der Waals surface area (Å²) in [6.07, 6.45) is 0. The fourth-order valence-electron chi connectivity index (χ4n) is 1.30. The van der Waals surface area contributed by atoms with E-state index in [0.717, 1.165) is 11.0 Å². The van der Waals surface area contributed by atoms with E-state index >= 15 is 0 Å². The molecule has 0 aromatic heterocycles. The minimum atomic E-state index is -1.29. The van der Waals surface area contributed by atoms with Gasteiger partial charge in [-0.25, -0.2) is 8.78 Å². The molecule has 1 rings (SSSR count). The summed E-state index contributed by atoms with van der Waals surface area (Å²) in [5.74, 6) is -2.45. The SMILES string of the molecule is CN(CCO)c1c([N+](=O)[O-])ccc(F)c1F. The van der Waals surface area contributed by atoms with E-state index in [0.29, 0.717) is 6.07 Å². The van der Waals surface area contributed by atoms with E-state index in [1.165, 1.54) is 7.05 Å². The quantitative estimate of drug-likeness (QED) is 0.627. The van der Waals surface area contributed by atoms with Gasteiger partial charge in [-0.15, -0.1) is 0 Å². The van der Waals surface area contributed by atoms with Crippen LogP contribution >= 0.6 is 0 Å². The van der Waals surface area contributed by atoms with Gasteiger partial charge in [0.15, 0.2) is 17.3 Å². The van der Waals surface area contributed by atoms with E-state index in [9.17, 15) is 18.9 Å². The van der Waals surface area contributed by atoms with Crippen LogP contribution in [0.3, 0.4) is 0 Å². The molecule has 1 aromatic rings. The van der Waals surface area contributed by atoms with Gasteiger partial charge in [0, 0.05) is 19.7 Å². The van der Waals surface area contributed by atoms with Crippen molar-refractivity contribution < 1.29 is 18.8 Å². The van der Waals surface area contributed by atoms with Crippen molar-refractivity contribution in [2.75, 3.05) is 25.1 Å². The lowest BCUT2D eigenvalue weighted by Crippen LogP contribution is -2.23. The monoisotopic (exact) mass is 232 g/mol. The number of nitro groups is 1. The number of rotatable bonds is 4. The predicted molar refractivity (Wildman–Crippen MR) is 53.4 cm³/mol. The number of benzene rings is 1. The Bertz CT molecular complexity index is 412. The van der Waals surface area contributed by atoms with E-state index in [1.807, 2.05) is 0 Å². The van der Waals surface area contributed by atoms with Gasteiger partial charge in [-0.05, 0) is 6.07 Å². The van der Waals surface area contributed by atoms with Crippen molar-refractivity contribution in [2.45, 2.75) is 0 Å². The van der Waals surface area contributed by atoms with Crippen molar-refractivity contribution >= 4 is 11.4 Å². The molecule has 0 heterocycles. The van der Waals surface area contributed by atoms with Crippen LogP contribution in [0.15, 0.2) is 12.1 Å². The first-order chi connectivity index (χ1) is 7.49. The Morgan fingerprint density at radius 1 is 1.50 bits per heavy atom. The van der Waals surface area contributed by atoms with Crippen molar-refractivity contribution in [3.63, 3.8) is 0 Å². The summed E-state index contributed by atoms with van der Waals surface area (Å²) in [4.78, 5) is 10.9. The molecule has 7 heteroatoms. The van der Waals surface area contributed by atoms with Crippen molar-refractivity contribution in [1.82, 2.24) is 0 Å². The molecule has 0 saturated heterocycles. The third-order valence-electron chi connectivity index (χ3n) is 2.06. The number of aliphatic hydroxyl groups is 1. The highest BCUT2D eigenvalue weighted by atomic mass is 19.2. The highest BCUT2D eigenvalue weighted by Crippen LogP contribution is 2.31. The molecule has 0 bridgehead atoms. The van der Waals surface area contributed by atoms with Crippen molar-refractivity contribution in [3.05, 3.63) is 33.9 Å². The van der Waals surface area contributed by atoms with Crippen LogP contribution in [-0.2, 0) is 0 Å². The van der Waals surface area contributed by atoms with Crippen molar-refractivity contribution in [2.24, 2.45) is 0 Å². The molecule has 0 spiro atoms. The molecule has 88 valence electrons. The minimum Gasteiger partial charge on any atom is -0.395 e. The standard InChI is InChI=1S/C9H10F2N2O3/c1-12(4-5-14)9-7(13(15)16)3-2-6(10)8(9)11/h2-3,14H,4-5H2,1H3. The molecular formula is C9H10F2N2O3. The molecule has 0 amide bonds. The molecule has 1 aromatic carbocycles. The van der Waals surface area contributed by atoms with Crippen molar-refractivity contribution in [3.8, 4) is 0 Å². The van der Waals surface area contributed by atoms with E-state index in [1.54, 1.807) is 0 Å². The maximum atomic E-state index is 13.4. The Morgan fingerprint density at radius 2 is 2.12 bits per heavy atom. The first-order valence-corrected chi connectivity index (χ1v) is 4.43. The minimum absolute atomic E-state index is 0.0266. The highest BCUT2D eigenvalue weighted by molar-refractivity contribution is 5.63. The van der Waals surface area contributed by atoms with Gasteiger partial charge in [0.05, 0.1) is 11.5 Å². The molecule has 0 aliphatic heterocycles. The van der Waals surface area contributed by atoms with Gasteiger partial charge >= 0.3 is 0 Å². The predicted octanol–water partition coefficient (Wildman–Crippen LogP) is 1.30. The topological polar surface area (TPSA) is 66.6 Å². The van der Waals surface area contributed by atoms with Gasteiger partial charge in [0.25, 0.3) is 5.69 Å². The van der Waals surface area contributed by atoms with Gasteiger partial charge in [-0.2, -0.15) is 0 Å². The number of anilines is 1. The molecule has 0 unspecified atom stereocenters. The summed E-state index contributed by atoms with van der Waals surface area (Å²) in [6.45, 7) is -0.342. The number of aliphatic hydroxyl groups excluding tert-OH is 1. The zero-order chi connectivity index (χ0) is 12.3. The normalized spacial score (nSPS) is 10.2. The lowest BCUT2D eigenvalue weighted by Gasteiger charge is -2.18. The largest absolute Gasteiger partial charge is 0.395 e. The smallest absolute Gasteiger partial charge is 0.295 e. The van der Waals surface area contributed by atoms with Gasteiger partial charge in [-0.1, -0.05) is 0 Å². The third-order valence-corrected chi connectivity index (χ3v) is 2.06. The molecule has 5 nitrogen and oxygen atoms in total. The molecule has 0 aliphatic carbocycles. The fourth-order valence-corrected chi connectivity index (χ4v) is 1.30. The molecule has 16 heavy (non-hydrogen) atoms. The average molecular weight is 232 g/mol. The number of nitro benzene ring substituents is 1. The lowest BCUT2D eigenvalue weighted by atomic mass is 10.2. The molecule has 0 radical (unpaired) electrons. The molecule has 1 N–H and O–H groups in total. The van der Waals surface area contributed by atoms with Gasteiger partial charge in [-0.3, -0.25) is 10.1 Å². The van der Waals surface area contributed by atoms with Crippen LogP contribution in [-0.4, -0.2) is 30.2 Å². The highest BCUT2D eigenvalue weighted by Gasteiger charge is 2.24. The zero-order valence-electron chi connectivity index (χ0n) is 8.48. The van der Waals surface area contributed by atoms with Gasteiger partial charge in [0.2, 0.25) is 0 Å². The first-order valence-electron chi connectivity index (χ1n) is 4.43. The number of hydrogen-bond donors (Lipinski definition) is 1. The van der Waals surface area contributed by atoms with Crippen molar-refractivity contribution in [1.29, 1.82) is 0 Å². The summed E-state index contributed by atoms with van der Waals surface area (Å²) in [5, 5.41) is 19.3. The van der Waals surface area contributed by atoms with Gasteiger partial charge < -0.3 is 10.0 Å². The van der Waals surface area contributed by atoms with Crippen LogP contribution in [0.2, 0.25) is 0 Å². The Labute approximate surface area is 90.1 Å².